The van der Waals surface area contributed by atoms with Crippen molar-refractivity contribution in [3.8, 4) is 0 Å². The number of rotatable bonds is 3. The lowest BCUT2D eigenvalue weighted by Gasteiger charge is -2.18. The van der Waals surface area contributed by atoms with Gasteiger partial charge in [0.05, 0.1) is 6.04 Å². The quantitative estimate of drug-likeness (QED) is 0.871. The first-order chi connectivity index (χ1) is 8.60. The molecule has 0 amide bonds. The number of hydrogen-bond donors (Lipinski definition) is 1. The summed E-state index contributed by atoms with van der Waals surface area (Å²) in [5.41, 5.74) is 2.02. The van der Waals surface area contributed by atoms with Gasteiger partial charge in [0.1, 0.15) is 5.82 Å². The van der Waals surface area contributed by atoms with Crippen LogP contribution in [0.1, 0.15) is 17.2 Å². The Morgan fingerprint density at radius 3 is 2.33 bits per heavy atom. The third-order valence-corrected chi connectivity index (χ3v) is 3.39. The lowest BCUT2D eigenvalue weighted by molar-refractivity contribution is 0.623. The van der Waals surface area contributed by atoms with Crippen LogP contribution in [0.25, 0.3) is 0 Å². The van der Waals surface area contributed by atoms with Crippen LogP contribution in [0.15, 0.2) is 46.9 Å². The van der Waals surface area contributed by atoms with Crippen molar-refractivity contribution in [1.82, 2.24) is 5.32 Å². The summed E-state index contributed by atoms with van der Waals surface area (Å²) in [5.74, 6) is -0.235. The zero-order valence-corrected chi connectivity index (χ0v) is 12.1. The zero-order chi connectivity index (χ0) is 13.1. The molecule has 4 heteroatoms. The highest BCUT2D eigenvalue weighted by Gasteiger charge is 2.13. The fourth-order valence-corrected chi connectivity index (χ4v) is 2.81. The van der Waals surface area contributed by atoms with E-state index in [1.165, 1.54) is 12.1 Å². The molecule has 0 aliphatic heterocycles. The van der Waals surface area contributed by atoms with E-state index in [0.29, 0.717) is 5.02 Å². The Kier molecular flexibility index (Phi) is 4.38. The van der Waals surface area contributed by atoms with E-state index in [1.54, 1.807) is 12.1 Å². The van der Waals surface area contributed by atoms with Crippen LogP contribution in [0.2, 0.25) is 5.02 Å². The Balaban J connectivity index is 2.41. The second-order valence-electron chi connectivity index (χ2n) is 3.98. The average Bonchev–Trinajstić information content (AvgIpc) is 2.31. The molecule has 0 heterocycles. The molecule has 2 aromatic rings. The Bertz CT molecular complexity index is 522. The number of benzene rings is 2. The molecule has 0 aromatic heterocycles. The van der Waals surface area contributed by atoms with Crippen molar-refractivity contribution >= 4 is 27.5 Å². The predicted molar refractivity (Wildman–Crippen MR) is 76.5 cm³/mol. The molecule has 0 fully saturated rings. The van der Waals surface area contributed by atoms with Crippen LogP contribution < -0.4 is 5.32 Å². The fourth-order valence-electron chi connectivity index (χ4n) is 1.92. The predicted octanol–water partition coefficient (Wildman–Crippen LogP) is 4.55. The molecule has 18 heavy (non-hydrogen) atoms. The molecule has 1 atom stereocenters. The number of nitrogens with one attached hydrogen (secondary N) is 1. The van der Waals surface area contributed by atoms with Gasteiger partial charge in [-0.25, -0.2) is 4.39 Å². The third kappa shape index (κ3) is 3.10. The molecule has 2 rings (SSSR count). The SMILES string of the molecule is CNC(c1ccc(F)cc1)c1cc(Cl)cc(Br)c1. The maximum absolute atomic E-state index is 12.9. The highest BCUT2D eigenvalue weighted by Crippen LogP contribution is 2.27. The smallest absolute Gasteiger partial charge is 0.123 e. The molecule has 0 bridgehead atoms. The van der Waals surface area contributed by atoms with Gasteiger partial charge in [-0.05, 0) is 48.5 Å². The van der Waals surface area contributed by atoms with Gasteiger partial charge in [-0.1, -0.05) is 39.7 Å². The number of halogens is 3. The normalized spacial score (nSPS) is 12.4. The lowest BCUT2D eigenvalue weighted by atomic mass is 9.99. The summed E-state index contributed by atoms with van der Waals surface area (Å²) >= 11 is 9.47. The van der Waals surface area contributed by atoms with Crippen LogP contribution in [-0.2, 0) is 0 Å². The van der Waals surface area contributed by atoms with Gasteiger partial charge in [-0.15, -0.1) is 0 Å². The average molecular weight is 329 g/mol. The van der Waals surface area contributed by atoms with Crippen LogP contribution in [0, 0.1) is 5.82 Å². The van der Waals surface area contributed by atoms with Gasteiger partial charge < -0.3 is 5.32 Å². The van der Waals surface area contributed by atoms with Gasteiger partial charge in [-0.3, -0.25) is 0 Å². The standard InChI is InChI=1S/C14H12BrClFN/c1-18-14(9-2-4-13(17)5-3-9)10-6-11(15)8-12(16)7-10/h2-8,14,18H,1H3. The van der Waals surface area contributed by atoms with E-state index in [-0.39, 0.29) is 11.9 Å². The Morgan fingerprint density at radius 1 is 1.11 bits per heavy atom. The van der Waals surface area contributed by atoms with Crippen molar-refractivity contribution in [3.63, 3.8) is 0 Å². The minimum absolute atomic E-state index is 0.0133. The summed E-state index contributed by atoms with van der Waals surface area (Å²) in [6.07, 6.45) is 0. The van der Waals surface area contributed by atoms with Gasteiger partial charge in [0.25, 0.3) is 0 Å². The molecular weight excluding hydrogens is 317 g/mol. The summed E-state index contributed by atoms with van der Waals surface area (Å²) in [7, 11) is 1.86. The summed E-state index contributed by atoms with van der Waals surface area (Å²) in [6.45, 7) is 0. The molecule has 1 unspecified atom stereocenters. The van der Waals surface area contributed by atoms with E-state index < -0.39 is 0 Å². The van der Waals surface area contributed by atoms with Gasteiger partial charge in [0.2, 0.25) is 0 Å². The molecule has 0 saturated carbocycles. The first-order valence-electron chi connectivity index (χ1n) is 5.49. The van der Waals surface area contributed by atoms with Crippen molar-refractivity contribution in [2.75, 3.05) is 7.05 Å². The van der Waals surface area contributed by atoms with E-state index >= 15 is 0 Å². The Morgan fingerprint density at radius 2 is 1.78 bits per heavy atom. The summed E-state index contributed by atoms with van der Waals surface area (Å²) in [6, 6.07) is 12.2. The van der Waals surface area contributed by atoms with E-state index in [1.807, 2.05) is 25.2 Å². The Labute approximate surface area is 119 Å². The molecule has 0 radical (unpaired) electrons. The molecule has 2 aromatic carbocycles. The van der Waals surface area contributed by atoms with Crippen LogP contribution in [-0.4, -0.2) is 7.05 Å². The zero-order valence-electron chi connectivity index (χ0n) is 9.75. The highest BCUT2D eigenvalue weighted by atomic mass is 79.9. The van der Waals surface area contributed by atoms with Crippen molar-refractivity contribution in [3.05, 3.63) is 68.9 Å². The minimum atomic E-state index is -0.235. The molecule has 0 aliphatic rings. The first kappa shape index (κ1) is 13.5. The molecule has 0 saturated heterocycles. The molecule has 0 aliphatic carbocycles. The summed E-state index contributed by atoms with van der Waals surface area (Å²) in [5, 5.41) is 3.87. The second-order valence-corrected chi connectivity index (χ2v) is 5.33. The van der Waals surface area contributed by atoms with Crippen molar-refractivity contribution in [2.45, 2.75) is 6.04 Å². The van der Waals surface area contributed by atoms with E-state index in [4.69, 9.17) is 11.6 Å². The van der Waals surface area contributed by atoms with E-state index in [9.17, 15) is 4.39 Å². The van der Waals surface area contributed by atoms with Crippen LogP contribution in [0.5, 0.6) is 0 Å². The van der Waals surface area contributed by atoms with Gasteiger partial charge in [0.15, 0.2) is 0 Å². The van der Waals surface area contributed by atoms with Gasteiger partial charge in [-0.2, -0.15) is 0 Å². The monoisotopic (exact) mass is 327 g/mol. The van der Waals surface area contributed by atoms with Crippen LogP contribution >= 0.6 is 27.5 Å². The lowest BCUT2D eigenvalue weighted by Crippen LogP contribution is -2.17. The number of hydrogen-bond acceptors (Lipinski definition) is 1. The molecule has 94 valence electrons. The first-order valence-corrected chi connectivity index (χ1v) is 6.66. The molecule has 1 nitrogen and oxygen atoms in total. The minimum Gasteiger partial charge on any atom is -0.309 e. The third-order valence-electron chi connectivity index (χ3n) is 2.71. The van der Waals surface area contributed by atoms with Gasteiger partial charge >= 0.3 is 0 Å². The maximum atomic E-state index is 12.9. The Hall–Kier alpha value is -0.900. The largest absolute Gasteiger partial charge is 0.309 e. The topological polar surface area (TPSA) is 12.0 Å². The molecule has 0 spiro atoms. The highest BCUT2D eigenvalue weighted by molar-refractivity contribution is 9.10. The van der Waals surface area contributed by atoms with Crippen LogP contribution in [0.3, 0.4) is 0 Å². The van der Waals surface area contributed by atoms with E-state index in [2.05, 4.69) is 21.2 Å². The van der Waals surface area contributed by atoms with Gasteiger partial charge in [0, 0.05) is 9.50 Å². The van der Waals surface area contributed by atoms with E-state index in [0.717, 1.165) is 15.6 Å². The molecular formula is C14H12BrClFN. The summed E-state index contributed by atoms with van der Waals surface area (Å²) < 4.78 is 13.9. The summed E-state index contributed by atoms with van der Waals surface area (Å²) in [4.78, 5) is 0. The van der Waals surface area contributed by atoms with Crippen molar-refractivity contribution in [2.24, 2.45) is 0 Å². The second kappa shape index (κ2) is 5.83. The van der Waals surface area contributed by atoms with Crippen molar-refractivity contribution in [1.29, 1.82) is 0 Å². The maximum Gasteiger partial charge on any atom is 0.123 e. The fraction of sp³-hybridized carbons (Fsp3) is 0.143. The van der Waals surface area contributed by atoms with Crippen LogP contribution in [0.4, 0.5) is 4.39 Å². The van der Waals surface area contributed by atoms with Crippen molar-refractivity contribution < 1.29 is 4.39 Å². The molecule has 1 N–H and O–H groups in total.